The zero-order valence-corrected chi connectivity index (χ0v) is 12.0. The molecule has 0 spiro atoms. The van der Waals surface area contributed by atoms with Gasteiger partial charge < -0.3 is 0 Å². The van der Waals surface area contributed by atoms with Crippen LogP contribution in [-0.4, -0.2) is 15.2 Å². The van der Waals surface area contributed by atoms with Crippen LogP contribution in [0, 0.1) is 11.7 Å². The molecule has 2 aromatic carbocycles. The fourth-order valence-electron chi connectivity index (χ4n) is 2.26. The van der Waals surface area contributed by atoms with E-state index in [1.54, 1.807) is 0 Å². The van der Waals surface area contributed by atoms with Gasteiger partial charge in [-0.1, -0.05) is 42.5 Å². The van der Waals surface area contributed by atoms with Crippen molar-refractivity contribution in [3.8, 4) is 11.4 Å². The first-order valence-electron chi connectivity index (χ1n) is 6.51. The van der Waals surface area contributed by atoms with Crippen molar-refractivity contribution in [1.29, 1.82) is 0 Å². The van der Waals surface area contributed by atoms with Crippen molar-refractivity contribution >= 4 is 12.2 Å². The lowest BCUT2D eigenvalue weighted by Crippen LogP contribution is -1.93. The lowest BCUT2D eigenvalue weighted by Gasteiger charge is -2.07. The van der Waals surface area contributed by atoms with Crippen molar-refractivity contribution in [3.05, 3.63) is 70.0 Å². The van der Waals surface area contributed by atoms with E-state index < -0.39 is 0 Å². The number of aromatic amines is 2. The highest BCUT2D eigenvalue weighted by Crippen LogP contribution is 2.20. The highest BCUT2D eigenvalue weighted by atomic mass is 32.1. The van der Waals surface area contributed by atoms with E-state index >= 15 is 0 Å². The van der Waals surface area contributed by atoms with Crippen molar-refractivity contribution in [1.82, 2.24) is 15.2 Å². The van der Waals surface area contributed by atoms with Gasteiger partial charge in [0.1, 0.15) is 0 Å². The number of nitrogens with zero attached hydrogens (tertiary/aromatic N) is 1. The zero-order chi connectivity index (χ0) is 13.9. The summed E-state index contributed by atoms with van der Waals surface area (Å²) in [5.74, 6) is 0.782. The van der Waals surface area contributed by atoms with E-state index in [2.05, 4.69) is 64.6 Å². The summed E-state index contributed by atoms with van der Waals surface area (Å²) in [5, 5.41) is 5.80. The SMILES string of the molecule is Cc1cc(-c2nc(=S)[nH][nH]2)ccc1Cc1ccccc1. The van der Waals surface area contributed by atoms with Gasteiger partial charge in [-0.05, 0) is 48.3 Å². The second-order valence-electron chi connectivity index (χ2n) is 4.82. The van der Waals surface area contributed by atoms with E-state index in [9.17, 15) is 0 Å². The Morgan fingerprint density at radius 2 is 1.85 bits per heavy atom. The third kappa shape index (κ3) is 2.70. The quantitative estimate of drug-likeness (QED) is 0.712. The van der Waals surface area contributed by atoms with Crippen LogP contribution in [0.4, 0.5) is 0 Å². The minimum absolute atomic E-state index is 0.478. The Kier molecular flexibility index (Phi) is 3.48. The molecule has 0 radical (unpaired) electrons. The number of aryl methyl sites for hydroxylation is 1. The van der Waals surface area contributed by atoms with Gasteiger partial charge >= 0.3 is 0 Å². The Bertz CT molecular complexity index is 772. The fraction of sp³-hybridized carbons (Fsp3) is 0.125. The maximum atomic E-state index is 4.98. The topological polar surface area (TPSA) is 44.5 Å². The van der Waals surface area contributed by atoms with E-state index in [4.69, 9.17) is 12.2 Å². The predicted octanol–water partition coefficient (Wildman–Crippen LogP) is 4.03. The second kappa shape index (κ2) is 5.43. The number of hydrogen-bond donors (Lipinski definition) is 2. The third-order valence-corrected chi connectivity index (χ3v) is 3.55. The van der Waals surface area contributed by atoms with E-state index in [1.165, 1.54) is 16.7 Å². The molecular weight excluding hydrogens is 266 g/mol. The number of nitrogens with one attached hydrogen (secondary N) is 2. The lowest BCUT2D eigenvalue weighted by molar-refractivity contribution is 1.08. The van der Waals surface area contributed by atoms with Crippen molar-refractivity contribution in [2.24, 2.45) is 0 Å². The predicted molar refractivity (Wildman–Crippen MR) is 83.2 cm³/mol. The molecule has 0 saturated heterocycles. The maximum absolute atomic E-state index is 4.98. The molecule has 100 valence electrons. The van der Waals surface area contributed by atoms with Gasteiger partial charge in [0.05, 0.1) is 0 Å². The molecular formula is C16H15N3S. The molecule has 1 aromatic heterocycles. The number of aromatic nitrogens is 3. The monoisotopic (exact) mass is 281 g/mol. The molecule has 0 fully saturated rings. The fourth-order valence-corrected chi connectivity index (χ4v) is 2.41. The smallest absolute Gasteiger partial charge is 0.213 e. The van der Waals surface area contributed by atoms with Gasteiger partial charge in [0.25, 0.3) is 0 Å². The van der Waals surface area contributed by atoms with Crippen LogP contribution >= 0.6 is 12.2 Å². The van der Waals surface area contributed by atoms with Crippen molar-refractivity contribution in [3.63, 3.8) is 0 Å². The highest BCUT2D eigenvalue weighted by molar-refractivity contribution is 7.71. The molecule has 0 aliphatic heterocycles. The number of benzene rings is 2. The van der Waals surface area contributed by atoms with Crippen molar-refractivity contribution in [2.75, 3.05) is 0 Å². The number of hydrogen-bond acceptors (Lipinski definition) is 2. The Morgan fingerprint density at radius 1 is 1.05 bits per heavy atom. The molecule has 0 saturated carbocycles. The summed E-state index contributed by atoms with van der Waals surface area (Å²) in [6, 6.07) is 16.9. The molecule has 0 unspecified atom stereocenters. The van der Waals surface area contributed by atoms with Crippen LogP contribution in [0.3, 0.4) is 0 Å². The second-order valence-corrected chi connectivity index (χ2v) is 5.21. The Balaban J connectivity index is 1.90. The minimum atomic E-state index is 0.478. The van der Waals surface area contributed by atoms with E-state index in [0.717, 1.165) is 17.8 Å². The minimum Gasteiger partial charge on any atom is -0.282 e. The molecule has 1 heterocycles. The van der Waals surface area contributed by atoms with Gasteiger partial charge in [-0.25, -0.2) is 0 Å². The summed E-state index contributed by atoms with van der Waals surface area (Å²) < 4.78 is 0.478. The third-order valence-electron chi connectivity index (χ3n) is 3.35. The first kappa shape index (κ1) is 12.8. The zero-order valence-electron chi connectivity index (χ0n) is 11.2. The largest absolute Gasteiger partial charge is 0.282 e. The van der Waals surface area contributed by atoms with Crippen LogP contribution in [-0.2, 0) is 6.42 Å². The Hall–Kier alpha value is -2.20. The maximum Gasteiger partial charge on any atom is 0.213 e. The van der Waals surface area contributed by atoms with Gasteiger partial charge in [-0.2, -0.15) is 4.98 Å². The standard InChI is InChI=1S/C16H15N3S/c1-11-9-14(15-17-16(20)19-18-15)8-7-13(11)10-12-5-3-2-4-6-12/h2-9H,10H2,1H3,(H2,17,18,19,20). The number of rotatable bonds is 3. The molecule has 3 nitrogen and oxygen atoms in total. The molecule has 2 N–H and O–H groups in total. The van der Waals surface area contributed by atoms with E-state index in [1.807, 2.05) is 6.07 Å². The summed E-state index contributed by atoms with van der Waals surface area (Å²) in [7, 11) is 0. The van der Waals surface area contributed by atoms with Crippen LogP contribution in [0.2, 0.25) is 0 Å². The summed E-state index contributed by atoms with van der Waals surface area (Å²) in [5.41, 5.74) is 4.96. The van der Waals surface area contributed by atoms with Crippen LogP contribution in [0.5, 0.6) is 0 Å². The van der Waals surface area contributed by atoms with Gasteiger partial charge in [-0.15, -0.1) is 0 Å². The van der Waals surface area contributed by atoms with Gasteiger partial charge in [0.15, 0.2) is 5.82 Å². The highest BCUT2D eigenvalue weighted by Gasteiger charge is 2.05. The average molecular weight is 281 g/mol. The lowest BCUT2D eigenvalue weighted by atomic mass is 9.98. The molecule has 0 amide bonds. The summed E-state index contributed by atoms with van der Waals surface area (Å²) in [6.07, 6.45) is 0.948. The van der Waals surface area contributed by atoms with Crippen LogP contribution in [0.25, 0.3) is 11.4 Å². The first-order valence-corrected chi connectivity index (χ1v) is 6.92. The van der Waals surface area contributed by atoms with Crippen molar-refractivity contribution in [2.45, 2.75) is 13.3 Å². The Labute approximate surface area is 122 Å². The summed E-state index contributed by atoms with van der Waals surface area (Å²) >= 11 is 4.98. The van der Waals surface area contributed by atoms with Gasteiger partial charge in [0.2, 0.25) is 4.77 Å². The molecule has 0 atom stereocenters. The molecule has 20 heavy (non-hydrogen) atoms. The van der Waals surface area contributed by atoms with Gasteiger partial charge in [0, 0.05) is 5.56 Å². The van der Waals surface area contributed by atoms with Gasteiger partial charge in [-0.3, -0.25) is 10.2 Å². The Morgan fingerprint density at radius 3 is 2.50 bits per heavy atom. The number of H-pyrrole nitrogens is 2. The van der Waals surface area contributed by atoms with Crippen LogP contribution in [0.1, 0.15) is 16.7 Å². The summed E-state index contributed by atoms with van der Waals surface area (Å²) in [4.78, 5) is 4.24. The molecule has 0 aliphatic rings. The van der Waals surface area contributed by atoms with Crippen molar-refractivity contribution < 1.29 is 0 Å². The average Bonchev–Trinajstić information content (AvgIpc) is 2.89. The van der Waals surface area contributed by atoms with Crippen LogP contribution < -0.4 is 0 Å². The molecule has 0 bridgehead atoms. The van der Waals surface area contributed by atoms with E-state index in [-0.39, 0.29) is 0 Å². The van der Waals surface area contributed by atoms with Crippen LogP contribution in [0.15, 0.2) is 48.5 Å². The molecule has 3 rings (SSSR count). The molecule has 4 heteroatoms. The normalized spacial score (nSPS) is 10.7. The molecule has 3 aromatic rings. The van der Waals surface area contributed by atoms with E-state index in [0.29, 0.717) is 4.77 Å². The molecule has 0 aliphatic carbocycles. The summed E-state index contributed by atoms with van der Waals surface area (Å²) in [6.45, 7) is 2.13. The first-order chi connectivity index (χ1) is 9.72.